The maximum atomic E-state index is 11.1. The van der Waals surface area contributed by atoms with Gasteiger partial charge in [0.25, 0.3) is 5.69 Å². The summed E-state index contributed by atoms with van der Waals surface area (Å²) in [6, 6.07) is 7.56. The monoisotopic (exact) mass is 292 g/mol. The molecule has 1 aromatic carbocycles. The number of nitro groups is 1. The standard InChI is InChI=1S/C13H12N2O4S/c1-8-2-4-10(20-8)7-14-12-6-9(15(18)19)3-5-11(12)13(16)17/h2-6,14H,7H2,1H3,(H,16,17). The van der Waals surface area contributed by atoms with E-state index < -0.39 is 10.9 Å². The van der Waals surface area contributed by atoms with Gasteiger partial charge < -0.3 is 10.4 Å². The summed E-state index contributed by atoms with van der Waals surface area (Å²) < 4.78 is 0. The van der Waals surface area contributed by atoms with Crippen LogP contribution in [0.5, 0.6) is 0 Å². The minimum atomic E-state index is -1.12. The number of nitro benzene ring substituents is 1. The number of aryl methyl sites for hydroxylation is 1. The number of anilines is 1. The van der Waals surface area contributed by atoms with Gasteiger partial charge in [-0.25, -0.2) is 4.79 Å². The number of hydrogen-bond acceptors (Lipinski definition) is 5. The van der Waals surface area contributed by atoms with E-state index in [1.807, 2.05) is 19.1 Å². The number of nitrogens with zero attached hydrogens (tertiary/aromatic N) is 1. The van der Waals surface area contributed by atoms with Crippen LogP contribution in [0.4, 0.5) is 11.4 Å². The van der Waals surface area contributed by atoms with E-state index in [4.69, 9.17) is 5.11 Å². The Balaban J connectivity index is 2.25. The van der Waals surface area contributed by atoms with Gasteiger partial charge in [0.2, 0.25) is 0 Å². The molecule has 104 valence electrons. The first-order valence-corrected chi connectivity index (χ1v) is 6.60. The number of thiophene rings is 1. The van der Waals surface area contributed by atoms with Gasteiger partial charge in [-0.15, -0.1) is 11.3 Å². The van der Waals surface area contributed by atoms with Gasteiger partial charge in [0.1, 0.15) is 0 Å². The van der Waals surface area contributed by atoms with Crippen LogP contribution in [-0.2, 0) is 6.54 Å². The molecular weight excluding hydrogens is 280 g/mol. The molecule has 0 saturated carbocycles. The molecule has 0 saturated heterocycles. The molecule has 0 amide bonds. The molecule has 2 aromatic rings. The molecule has 0 atom stereocenters. The van der Waals surface area contributed by atoms with Crippen molar-refractivity contribution in [3.63, 3.8) is 0 Å². The predicted molar refractivity (Wildman–Crippen MR) is 76.4 cm³/mol. The van der Waals surface area contributed by atoms with Crippen LogP contribution < -0.4 is 5.32 Å². The van der Waals surface area contributed by atoms with Gasteiger partial charge in [0, 0.05) is 28.4 Å². The van der Waals surface area contributed by atoms with E-state index in [0.29, 0.717) is 6.54 Å². The lowest BCUT2D eigenvalue weighted by Gasteiger charge is -2.08. The molecule has 0 fully saturated rings. The normalized spacial score (nSPS) is 10.2. The highest BCUT2D eigenvalue weighted by Gasteiger charge is 2.15. The maximum absolute atomic E-state index is 11.1. The summed E-state index contributed by atoms with van der Waals surface area (Å²) in [6.45, 7) is 2.41. The fourth-order valence-corrected chi connectivity index (χ4v) is 2.57. The highest BCUT2D eigenvalue weighted by molar-refractivity contribution is 7.11. The third kappa shape index (κ3) is 3.12. The number of benzene rings is 1. The van der Waals surface area contributed by atoms with Crippen molar-refractivity contribution in [2.45, 2.75) is 13.5 Å². The number of carboxylic acids is 1. The van der Waals surface area contributed by atoms with Crippen LogP contribution in [0.2, 0.25) is 0 Å². The van der Waals surface area contributed by atoms with Crippen molar-refractivity contribution in [2.75, 3.05) is 5.32 Å². The Morgan fingerprint density at radius 1 is 1.40 bits per heavy atom. The number of rotatable bonds is 5. The first-order valence-electron chi connectivity index (χ1n) is 5.78. The largest absolute Gasteiger partial charge is 0.478 e. The topological polar surface area (TPSA) is 92.5 Å². The maximum Gasteiger partial charge on any atom is 0.337 e. The smallest absolute Gasteiger partial charge is 0.337 e. The van der Waals surface area contributed by atoms with Crippen LogP contribution in [0.15, 0.2) is 30.3 Å². The van der Waals surface area contributed by atoms with Crippen molar-refractivity contribution < 1.29 is 14.8 Å². The van der Waals surface area contributed by atoms with E-state index in [9.17, 15) is 14.9 Å². The molecule has 6 nitrogen and oxygen atoms in total. The molecule has 0 bridgehead atoms. The molecular formula is C13H12N2O4S. The van der Waals surface area contributed by atoms with Gasteiger partial charge in [-0.3, -0.25) is 10.1 Å². The van der Waals surface area contributed by atoms with E-state index in [2.05, 4.69) is 5.32 Å². The van der Waals surface area contributed by atoms with Gasteiger partial charge >= 0.3 is 5.97 Å². The van der Waals surface area contributed by atoms with E-state index in [1.54, 1.807) is 11.3 Å². The molecule has 0 unspecified atom stereocenters. The Labute approximate surface area is 118 Å². The lowest BCUT2D eigenvalue weighted by atomic mass is 10.1. The predicted octanol–water partition coefficient (Wildman–Crippen LogP) is 3.28. The van der Waals surface area contributed by atoms with Crippen LogP contribution in [-0.4, -0.2) is 16.0 Å². The third-order valence-electron chi connectivity index (χ3n) is 2.69. The van der Waals surface area contributed by atoms with Crippen molar-refractivity contribution in [3.8, 4) is 0 Å². The number of carboxylic acid groups (broad SMARTS) is 1. The molecule has 0 radical (unpaired) electrons. The van der Waals surface area contributed by atoms with Crippen LogP contribution in [0, 0.1) is 17.0 Å². The van der Waals surface area contributed by atoms with Crippen LogP contribution >= 0.6 is 11.3 Å². The van der Waals surface area contributed by atoms with Crippen molar-refractivity contribution in [1.82, 2.24) is 0 Å². The minimum Gasteiger partial charge on any atom is -0.478 e. The summed E-state index contributed by atoms with van der Waals surface area (Å²) in [5, 5.41) is 22.8. The average molecular weight is 292 g/mol. The van der Waals surface area contributed by atoms with Gasteiger partial charge in [-0.2, -0.15) is 0 Å². The number of non-ortho nitro benzene ring substituents is 1. The fourth-order valence-electron chi connectivity index (χ4n) is 1.74. The third-order valence-corrected chi connectivity index (χ3v) is 3.69. The highest BCUT2D eigenvalue weighted by Crippen LogP contribution is 2.24. The highest BCUT2D eigenvalue weighted by atomic mass is 32.1. The molecule has 2 rings (SSSR count). The summed E-state index contributed by atoms with van der Waals surface area (Å²) >= 11 is 1.59. The lowest BCUT2D eigenvalue weighted by Crippen LogP contribution is -2.06. The van der Waals surface area contributed by atoms with E-state index in [-0.39, 0.29) is 16.9 Å². The van der Waals surface area contributed by atoms with E-state index >= 15 is 0 Å². The fraction of sp³-hybridized carbons (Fsp3) is 0.154. The number of nitrogens with one attached hydrogen (secondary N) is 1. The van der Waals surface area contributed by atoms with Crippen LogP contribution in [0.1, 0.15) is 20.1 Å². The molecule has 0 spiro atoms. The summed E-state index contributed by atoms with van der Waals surface area (Å²) in [5.41, 5.74) is 0.126. The Bertz CT molecular complexity index is 666. The second-order valence-electron chi connectivity index (χ2n) is 4.16. The minimum absolute atomic E-state index is 0.0175. The van der Waals surface area contributed by atoms with Crippen molar-refractivity contribution >= 4 is 28.7 Å². The summed E-state index contributed by atoms with van der Waals surface area (Å²) in [7, 11) is 0. The Hall–Kier alpha value is -2.41. The molecule has 1 aromatic heterocycles. The lowest BCUT2D eigenvalue weighted by molar-refractivity contribution is -0.384. The van der Waals surface area contributed by atoms with Crippen molar-refractivity contribution in [3.05, 3.63) is 55.8 Å². The molecule has 2 N–H and O–H groups in total. The molecule has 0 aliphatic heterocycles. The molecule has 1 heterocycles. The molecule has 7 heteroatoms. The Morgan fingerprint density at radius 2 is 2.15 bits per heavy atom. The van der Waals surface area contributed by atoms with Gasteiger partial charge in [-0.05, 0) is 25.1 Å². The summed E-state index contributed by atoms with van der Waals surface area (Å²) in [6.07, 6.45) is 0. The number of hydrogen-bond donors (Lipinski definition) is 2. The van der Waals surface area contributed by atoms with Gasteiger partial charge in [-0.1, -0.05) is 0 Å². The SMILES string of the molecule is Cc1ccc(CNc2cc([N+](=O)[O-])ccc2C(=O)O)s1. The van der Waals surface area contributed by atoms with E-state index in [0.717, 1.165) is 9.75 Å². The summed E-state index contributed by atoms with van der Waals surface area (Å²) in [4.78, 5) is 23.5. The second kappa shape index (κ2) is 5.70. The first-order chi connectivity index (χ1) is 9.47. The van der Waals surface area contributed by atoms with Crippen molar-refractivity contribution in [2.24, 2.45) is 0 Å². The summed E-state index contributed by atoms with van der Waals surface area (Å²) in [5.74, 6) is -1.12. The molecule has 0 aliphatic carbocycles. The second-order valence-corrected chi connectivity index (χ2v) is 5.53. The zero-order valence-electron chi connectivity index (χ0n) is 10.6. The first kappa shape index (κ1) is 14.0. The van der Waals surface area contributed by atoms with Crippen LogP contribution in [0.25, 0.3) is 0 Å². The zero-order valence-corrected chi connectivity index (χ0v) is 11.4. The van der Waals surface area contributed by atoms with Crippen molar-refractivity contribution in [1.29, 1.82) is 0 Å². The quantitative estimate of drug-likeness (QED) is 0.651. The number of carbonyl (C=O) groups is 1. The van der Waals surface area contributed by atoms with Crippen LogP contribution in [0.3, 0.4) is 0 Å². The number of aromatic carboxylic acids is 1. The van der Waals surface area contributed by atoms with E-state index in [1.165, 1.54) is 18.2 Å². The Morgan fingerprint density at radius 3 is 2.70 bits per heavy atom. The zero-order chi connectivity index (χ0) is 14.7. The molecule has 20 heavy (non-hydrogen) atoms. The molecule has 0 aliphatic rings. The van der Waals surface area contributed by atoms with Gasteiger partial charge in [0.15, 0.2) is 0 Å². The Kier molecular flexibility index (Phi) is 3.99. The van der Waals surface area contributed by atoms with Gasteiger partial charge in [0.05, 0.1) is 16.2 Å². The average Bonchev–Trinajstić information content (AvgIpc) is 2.81.